The van der Waals surface area contributed by atoms with Gasteiger partial charge < -0.3 is 20.5 Å². The van der Waals surface area contributed by atoms with E-state index in [1.165, 1.54) is 0 Å². The molecule has 5 nitrogen and oxygen atoms in total. The maximum atomic E-state index is 11.9. The summed E-state index contributed by atoms with van der Waals surface area (Å²) >= 11 is 0. The van der Waals surface area contributed by atoms with E-state index in [9.17, 15) is 4.79 Å². The fraction of sp³-hybridized carbons (Fsp3) is 0.316. The molecule has 128 valence electrons. The number of aliphatic hydroxyl groups excluding tert-OH is 1. The number of amides is 1. The highest BCUT2D eigenvalue weighted by Crippen LogP contribution is 2.12. The molecule has 2 aromatic carbocycles. The number of hydrogen-bond donors (Lipinski definition) is 3. The fourth-order valence-electron chi connectivity index (χ4n) is 2.15. The van der Waals surface area contributed by atoms with Crippen molar-refractivity contribution in [2.24, 2.45) is 0 Å². The van der Waals surface area contributed by atoms with Gasteiger partial charge in [0.15, 0.2) is 0 Å². The van der Waals surface area contributed by atoms with Gasteiger partial charge in [0.25, 0.3) is 0 Å². The van der Waals surface area contributed by atoms with Crippen molar-refractivity contribution in [3.05, 3.63) is 59.7 Å². The summed E-state index contributed by atoms with van der Waals surface area (Å²) in [5.41, 5.74) is 2.65. The van der Waals surface area contributed by atoms with E-state index >= 15 is 0 Å². The third-order valence-electron chi connectivity index (χ3n) is 3.45. The summed E-state index contributed by atoms with van der Waals surface area (Å²) in [5, 5.41) is 15.0. The number of carbonyl (C=O) groups is 1. The van der Waals surface area contributed by atoms with Crippen LogP contribution in [0.2, 0.25) is 0 Å². The third kappa shape index (κ3) is 5.93. The molecule has 2 aromatic rings. The predicted molar refractivity (Wildman–Crippen MR) is 94.9 cm³/mol. The van der Waals surface area contributed by atoms with Gasteiger partial charge in [0.2, 0.25) is 5.91 Å². The summed E-state index contributed by atoms with van der Waals surface area (Å²) in [6.45, 7) is 3.43. The number of carbonyl (C=O) groups excluding carboxylic acids is 1. The smallest absolute Gasteiger partial charge is 0.239 e. The number of hydrogen-bond acceptors (Lipinski definition) is 4. The minimum atomic E-state index is -0.0873. The van der Waals surface area contributed by atoms with E-state index in [1.807, 2.05) is 48.5 Å². The molecule has 0 atom stereocenters. The lowest BCUT2D eigenvalue weighted by atomic mass is 10.2. The Morgan fingerprint density at radius 3 is 2.62 bits per heavy atom. The van der Waals surface area contributed by atoms with Gasteiger partial charge in [0.1, 0.15) is 5.75 Å². The van der Waals surface area contributed by atoms with Gasteiger partial charge in [-0.15, -0.1) is 0 Å². The molecule has 0 aliphatic rings. The van der Waals surface area contributed by atoms with Gasteiger partial charge in [0, 0.05) is 12.2 Å². The Balaban J connectivity index is 1.74. The topological polar surface area (TPSA) is 70.6 Å². The molecule has 0 saturated carbocycles. The molecule has 0 heterocycles. The maximum Gasteiger partial charge on any atom is 0.239 e. The Morgan fingerprint density at radius 1 is 1.12 bits per heavy atom. The maximum absolute atomic E-state index is 11.9. The molecule has 2 rings (SSSR count). The van der Waals surface area contributed by atoms with Crippen LogP contribution in [0.25, 0.3) is 0 Å². The predicted octanol–water partition coefficient (Wildman–Crippen LogP) is 2.70. The Bertz CT molecular complexity index is 641. The number of anilines is 1. The van der Waals surface area contributed by atoms with E-state index in [4.69, 9.17) is 9.84 Å². The highest BCUT2D eigenvalue weighted by Gasteiger charge is 2.02. The molecule has 0 fully saturated rings. The summed E-state index contributed by atoms with van der Waals surface area (Å²) in [6.07, 6.45) is 0.978. The van der Waals surface area contributed by atoms with Crippen molar-refractivity contribution >= 4 is 11.6 Å². The largest absolute Gasteiger partial charge is 0.494 e. The van der Waals surface area contributed by atoms with Crippen molar-refractivity contribution in [2.45, 2.75) is 26.5 Å². The van der Waals surface area contributed by atoms with Crippen LogP contribution in [-0.4, -0.2) is 24.2 Å². The van der Waals surface area contributed by atoms with E-state index in [0.29, 0.717) is 13.2 Å². The van der Waals surface area contributed by atoms with Gasteiger partial charge in [-0.05, 0) is 41.8 Å². The standard InChI is InChI=1S/C19H24N2O3/c1-2-10-24-18-8-6-15(7-9-18)12-21-19(23)13-20-17-5-3-4-16(11-17)14-22/h3-9,11,20,22H,2,10,12-14H2,1H3,(H,21,23). The second-order valence-electron chi connectivity index (χ2n) is 5.48. The van der Waals surface area contributed by atoms with Gasteiger partial charge in [0.05, 0.1) is 19.8 Å². The molecule has 0 bridgehead atoms. The van der Waals surface area contributed by atoms with Crippen molar-refractivity contribution in [1.82, 2.24) is 5.32 Å². The summed E-state index contributed by atoms with van der Waals surface area (Å²) in [5.74, 6) is 0.757. The highest BCUT2D eigenvalue weighted by molar-refractivity contribution is 5.80. The molecule has 0 unspecified atom stereocenters. The Hall–Kier alpha value is -2.53. The molecular formula is C19H24N2O3. The molecule has 0 radical (unpaired) electrons. The Labute approximate surface area is 142 Å². The van der Waals surface area contributed by atoms with Crippen LogP contribution in [0.15, 0.2) is 48.5 Å². The van der Waals surface area contributed by atoms with E-state index in [-0.39, 0.29) is 19.1 Å². The van der Waals surface area contributed by atoms with Gasteiger partial charge in [-0.1, -0.05) is 31.2 Å². The lowest BCUT2D eigenvalue weighted by molar-refractivity contribution is -0.119. The van der Waals surface area contributed by atoms with E-state index < -0.39 is 0 Å². The molecule has 5 heteroatoms. The zero-order chi connectivity index (χ0) is 17.2. The minimum Gasteiger partial charge on any atom is -0.494 e. The molecule has 3 N–H and O–H groups in total. The van der Waals surface area contributed by atoms with Crippen molar-refractivity contribution < 1.29 is 14.6 Å². The second-order valence-corrected chi connectivity index (χ2v) is 5.48. The molecule has 0 aromatic heterocycles. The number of rotatable bonds is 9. The van der Waals surface area contributed by atoms with Crippen LogP contribution < -0.4 is 15.4 Å². The van der Waals surface area contributed by atoms with E-state index in [0.717, 1.165) is 29.0 Å². The molecule has 0 aliphatic carbocycles. The van der Waals surface area contributed by atoms with Gasteiger partial charge in [-0.2, -0.15) is 0 Å². The molecule has 0 saturated heterocycles. The fourth-order valence-corrected chi connectivity index (χ4v) is 2.15. The lowest BCUT2D eigenvalue weighted by Crippen LogP contribution is -2.29. The minimum absolute atomic E-state index is 0.0142. The average molecular weight is 328 g/mol. The first-order valence-corrected chi connectivity index (χ1v) is 8.13. The molecule has 1 amide bonds. The van der Waals surface area contributed by atoms with Crippen LogP contribution in [0.1, 0.15) is 24.5 Å². The van der Waals surface area contributed by atoms with Gasteiger partial charge in [-0.25, -0.2) is 0 Å². The summed E-state index contributed by atoms with van der Waals surface area (Å²) in [7, 11) is 0. The van der Waals surface area contributed by atoms with Crippen LogP contribution >= 0.6 is 0 Å². The quantitative estimate of drug-likeness (QED) is 0.662. The third-order valence-corrected chi connectivity index (χ3v) is 3.45. The van der Waals surface area contributed by atoms with E-state index in [1.54, 1.807) is 0 Å². The molecule has 24 heavy (non-hydrogen) atoms. The Kier molecular flexibility index (Phi) is 7.11. The molecule has 0 aliphatic heterocycles. The normalized spacial score (nSPS) is 10.2. The van der Waals surface area contributed by atoms with Crippen LogP contribution in [0.3, 0.4) is 0 Å². The van der Waals surface area contributed by atoms with Crippen molar-refractivity contribution in [1.29, 1.82) is 0 Å². The summed E-state index contributed by atoms with van der Waals surface area (Å²) in [6, 6.07) is 15.1. The van der Waals surface area contributed by atoms with Crippen LogP contribution in [0, 0.1) is 0 Å². The lowest BCUT2D eigenvalue weighted by Gasteiger charge is -2.09. The monoisotopic (exact) mass is 328 g/mol. The van der Waals surface area contributed by atoms with Gasteiger partial charge >= 0.3 is 0 Å². The average Bonchev–Trinajstić information content (AvgIpc) is 2.64. The van der Waals surface area contributed by atoms with Crippen molar-refractivity contribution in [2.75, 3.05) is 18.5 Å². The molecule has 0 spiro atoms. The first-order chi connectivity index (χ1) is 11.7. The first kappa shape index (κ1) is 17.8. The first-order valence-electron chi connectivity index (χ1n) is 8.13. The zero-order valence-electron chi connectivity index (χ0n) is 13.9. The summed E-state index contributed by atoms with van der Waals surface area (Å²) < 4.78 is 5.53. The molecular weight excluding hydrogens is 304 g/mol. The van der Waals surface area contributed by atoms with Crippen LogP contribution in [-0.2, 0) is 17.9 Å². The number of aliphatic hydroxyl groups is 1. The van der Waals surface area contributed by atoms with Crippen LogP contribution in [0.5, 0.6) is 5.75 Å². The van der Waals surface area contributed by atoms with Gasteiger partial charge in [-0.3, -0.25) is 4.79 Å². The van der Waals surface area contributed by atoms with Crippen molar-refractivity contribution in [3.8, 4) is 5.75 Å². The number of ether oxygens (including phenoxy) is 1. The van der Waals surface area contributed by atoms with Crippen molar-refractivity contribution in [3.63, 3.8) is 0 Å². The zero-order valence-corrected chi connectivity index (χ0v) is 13.9. The van der Waals surface area contributed by atoms with Crippen LogP contribution in [0.4, 0.5) is 5.69 Å². The SMILES string of the molecule is CCCOc1ccc(CNC(=O)CNc2cccc(CO)c2)cc1. The highest BCUT2D eigenvalue weighted by atomic mass is 16.5. The second kappa shape index (κ2) is 9.57. The number of nitrogens with one attached hydrogen (secondary N) is 2. The number of benzene rings is 2. The summed E-state index contributed by atoms with van der Waals surface area (Å²) in [4.78, 5) is 11.9. The Morgan fingerprint density at radius 2 is 1.92 bits per heavy atom. The van der Waals surface area contributed by atoms with E-state index in [2.05, 4.69) is 17.6 Å².